The Labute approximate surface area is 159 Å². The van der Waals surface area contributed by atoms with Crippen LogP contribution >= 0.6 is 34.8 Å². The Balaban J connectivity index is 1.99. The van der Waals surface area contributed by atoms with Gasteiger partial charge in [0.15, 0.2) is 0 Å². The molecule has 0 bridgehead atoms. The van der Waals surface area contributed by atoms with Gasteiger partial charge in [-0.1, -0.05) is 40.9 Å². The summed E-state index contributed by atoms with van der Waals surface area (Å²) in [5.74, 6) is -0.0463. The Kier molecular flexibility index (Phi) is 5.27. The second-order valence-electron chi connectivity index (χ2n) is 5.27. The molecule has 0 aliphatic rings. The van der Waals surface area contributed by atoms with Crippen molar-refractivity contribution in [2.24, 2.45) is 0 Å². The number of Topliss-reactive ketones (excluding diaryl/α,β-unsaturated/α-hetero) is 1. The second kappa shape index (κ2) is 7.44. The van der Waals surface area contributed by atoms with Crippen molar-refractivity contribution in [1.82, 2.24) is 14.8 Å². The molecular formula is C17H12Cl3N3O2. The molecule has 0 fully saturated rings. The summed E-state index contributed by atoms with van der Waals surface area (Å²) in [6, 6.07) is 9.88. The lowest BCUT2D eigenvalue weighted by Crippen LogP contribution is -2.26. The number of ketones is 1. The van der Waals surface area contributed by atoms with E-state index in [4.69, 9.17) is 39.5 Å². The second-order valence-corrected chi connectivity index (χ2v) is 6.52. The van der Waals surface area contributed by atoms with Gasteiger partial charge in [0, 0.05) is 10.6 Å². The predicted octanol–water partition coefficient (Wildman–Crippen LogP) is 5.01. The Bertz CT molecular complexity index is 914. The first-order chi connectivity index (χ1) is 12.0. The van der Waals surface area contributed by atoms with E-state index in [1.165, 1.54) is 29.5 Å². The molecule has 2 aromatic carbocycles. The lowest BCUT2D eigenvalue weighted by Gasteiger charge is -2.19. The molecule has 3 rings (SSSR count). The van der Waals surface area contributed by atoms with Gasteiger partial charge in [0.05, 0.1) is 10.0 Å². The molecule has 1 unspecified atom stereocenters. The van der Waals surface area contributed by atoms with Crippen LogP contribution in [-0.4, -0.2) is 20.5 Å². The zero-order valence-electron chi connectivity index (χ0n) is 13.0. The minimum atomic E-state index is -1.11. The van der Waals surface area contributed by atoms with Crippen molar-refractivity contribution >= 4 is 40.6 Å². The van der Waals surface area contributed by atoms with Gasteiger partial charge in [0.2, 0.25) is 5.78 Å². The number of benzene rings is 2. The molecule has 0 spiro atoms. The number of hydrogen-bond acceptors (Lipinski definition) is 4. The molecule has 1 heterocycles. The van der Waals surface area contributed by atoms with E-state index < -0.39 is 12.0 Å². The number of nitrogens with zero attached hydrogens (tertiary/aromatic N) is 3. The molecule has 0 N–H and O–H groups in total. The van der Waals surface area contributed by atoms with Gasteiger partial charge < -0.3 is 4.74 Å². The molecule has 1 aromatic heterocycles. The highest BCUT2D eigenvalue weighted by molar-refractivity contribution is 6.37. The van der Waals surface area contributed by atoms with E-state index in [-0.39, 0.29) is 10.6 Å². The molecule has 3 aromatic rings. The van der Waals surface area contributed by atoms with Gasteiger partial charge in [-0.25, -0.2) is 9.67 Å². The normalized spacial score (nSPS) is 12.0. The van der Waals surface area contributed by atoms with E-state index in [0.29, 0.717) is 15.8 Å². The van der Waals surface area contributed by atoms with Crippen LogP contribution in [-0.2, 0) is 0 Å². The van der Waals surface area contributed by atoms with Crippen molar-refractivity contribution in [3.8, 4) is 5.75 Å². The first kappa shape index (κ1) is 17.7. The van der Waals surface area contributed by atoms with Gasteiger partial charge in [-0.2, -0.15) is 5.10 Å². The first-order valence-corrected chi connectivity index (χ1v) is 8.35. The van der Waals surface area contributed by atoms with Gasteiger partial charge >= 0.3 is 0 Å². The number of hydrogen-bond donors (Lipinski definition) is 0. The van der Waals surface area contributed by atoms with Gasteiger partial charge in [0.1, 0.15) is 18.4 Å². The van der Waals surface area contributed by atoms with E-state index in [9.17, 15) is 4.79 Å². The van der Waals surface area contributed by atoms with Gasteiger partial charge in [-0.05, 0) is 42.8 Å². The number of rotatable bonds is 5. The topological polar surface area (TPSA) is 57.0 Å². The van der Waals surface area contributed by atoms with Crippen LogP contribution in [0.2, 0.25) is 15.1 Å². The largest absolute Gasteiger partial charge is 0.459 e. The van der Waals surface area contributed by atoms with E-state index >= 15 is 0 Å². The Hall–Kier alpha value is -2.08. The monoisotopic (exact) mass is 395 g/mol. The zero-order valence-corrected chi connectivity index (χ0v) is 15.3. The van der Waals surface area contributed by atoms with Crippen molar-refractivity contribution in [2.75, 3.05) is 0 Å². The predicted molar refractivity (Wildman–Crippen MR) is 96.7 cm³/mol. The van der Waals surface area contributed by atoms with Crippen LogP contribution in [0.15, 0.2) is 49.1 Å². The van der Waals surface area contributed by atoms with Crippen LogP contribution in [0.1, 0.15) is 22.1 Å². The molecular weight excluding hydrogens is 385 g/mol. The lowest BCUT2D eigenvalue weighted by atomic mass is 10.1. The highest BCUT2D eigenvalue weighted by atomic mass is 35.5. The SMILES string of the molecule is Cc1ccc(OC(C(=O)c2ccc(Cl)cc2Cl)n2cncn2)c(Cl)c1. The van der Waals surface area contributed by atoms with Crippen molar-refractivity contribution in [2.45, 2.75) is 13.2 Å². The summed E-state index contributed by atoms with van der Waals surface area (Å²) in [5, 5.41) is 5.05. The maximum absolute atomic E-state index is 13.0. The minimum absolute atomic E-state index is 0.223. The molecule has 25 heavy (non-hydrogen) atoms. The summed E-state index contributed by atoms with van der Waals surface area (Å²) in [4.78, 5) is 16.8. The standard InChI is InChI=1S/C17H12Cl3N3O2/c1-10-2-5-15(14(20)6-10)25-17(23-9-21-8-22-23)16(24)12-4-3-11(18)7-13(12)19/h2-9,17H,1H3. The highest BCUT2D eigenvalue weighted by Gasteiger charge is 2.27. The zero-order chi connectivity index (χ0) is 18.0. The number of carbonyl (C=O) groups excluding carboxylic acids is 1. The Morgan fingerprint density at radius 2 is 1.92 bits per heavy atom. The van der Waals surface area contributed by atoms with Crippen LogP contribution in [0.3, 0.4) is 0 Å². The summed E-state index contributed by atoms with van der Waals surface area (Å²) in [6.45, 7) is 1.91. The summed E-state index contributed by atoms with van der Waals surface area (Å²) in [5.41, 5.74) is 1.23. The molecule has 8 heteroatoms. The van der Waals surface area contributed by atoms with Crippen LogP contribution < -0.4 is 4.74 Å². The fraction of sp³-hybridized carbons (Fsp3) is 0.118. The molecule has 0 saturated carbocycles. The van der Waals surface area contributed by atoms with E-state index in [2.05, 4.69) is 10.1 Å². The maximum atomic E-state index is 13.0. The molecule has 128 valence electrons. The van der Waals surface area contributed by atoms with Crippen LogP contribution in [0.4, 0.5) is 0 Å². The number of halogens is 3. The van der Waals surface area contributed by atoms with Crippen LogP contribution in [0.5, 0.6) is 5.75 Å². The maximum Gasteiger partial charge on any atom is 0.256 e. The minimum Gasteiger partial charge on any atom is -0.459 e. The third kappa shape index (κ3) is 3.95. The molecule has 0 amide bonds. The third-order valence-electron chi connectivity index (χ3n) is 3.42. The third-order valence-corrected chi connectivity index (χ3v) is 4.27. The van der Waals surface area contributed by atoms with Gasteiger partial charge in [0.25, 0.3) is 6.23 Å². The fourth-order valence-corrected chi connectivity index (χ4v) is 2.99. The average molecular weight is 397 g/mol. The highest BCUT2D eigenvalue weighted by Crippen LogP contribution is 2.31. The molecule has 5 nitrogen and oxygen atoms in total. The molecule has 0 aliphatic carbocycles. The molecule has 1 atom stereocenters. The summed E-state index contributed by atoms with van der Waals surface area (Å²) in [7, 11) is 0. The number of aryl methyl sites for hydroxylation is 1. The smallest absolute Gasteiger partial charge is 0.256 e. The molecule has 0 saturated heterocycles. The van der Waals surface area contributed by atoms with Gasteiger partial charge in [-0.3, -0.25) is 4.79 Å². The summed E-state index contributed by atoms with van der Waals surface area (Å²) < 4.78 is 7.13. The Morgan fingerprint density at radius 1 is 1.12 bits per heavy atom. The van der Waals surface area contributed by atoms with Crippen LogP contribution in [0.25, 0.3) is 0 Å². The summed E-state index contributed by atoms with van der Waals surface area (Å²) in [6.07, 6.45) is 1.58. The first-order valence-electron chi connectivity index (χ1n) is 7.22. The molecule has 0 radical (unpaired) electrons. The van der Waals surface area contributed by atoms with Crippen molar-refractivity contribution in [1.29, 1.82) is 0 Å². The quantitative estimate of drug-likeness (QED) is 0.569. The van der Waals surface area contributed by atoms with Crippen molar-refractivity contribution in [3.63, 3.8) is 0 Å². The number of aromatic nitrogens is 3. The average Bonchev–Trinajstić information content (AvgIpc) is 3.08. The van der Waals surface area contributed by atoms with Crippen molar-refractivity contribution in [3.05, 3.63) is 75.2 Å². The Morgan fingerprint density at radius 3 is 2.56 bits per heavy atom. The van der Waals surface area contributed by atoms with Crippen molar-refractivity contribution < 1.29 is 9.53 Å². The van der Waals surface area contributed by atoms with E-state index in [1.807, 2.05) is 13.0 Å². The van der Waals surface area contributed by atoms with E-state index in [0.717, 1.165) is 5.56 Å². The number of ether oxygens (including phenoxy) is 1. The summed E-state index contributed by atoms with van der Waals surface area (Å²) >= 11 is 18.3. The fourth-order valence-electron chi connectivity index (χ4n) is 2.21. The van der Waals surface area contributed by atoms with Crippen LogP contribution in [0, 0.1) is 6.92 Å². The molecule has 0 aliphatic heterocycles. The van der Waals surface area contributed by atoms with Gasteiger partial charge in [-0.15, -0.1) is 0 Å². The lowest BCUT2D eigenvalue weighted by molar-refractivity contribution is 0.0620. The number of carbonyl (C=O) groups is 1. The van der Waals surface area contributed by atoms with E-state index in [1.54, 1.807) is 18.2 Å².